The molecule has 0 spiro atoms. The molecule has 6 nitrogen and oxygen atoms in total. The van der Waals surface area contributed by atoms with Crippen molar-refractivity contribution in [2.75, 3.05) is 12.4 Å². The molecule has 0 radical (unpaired) electrons. The van der Waals surface area contributed by atoms with Gasteiger partial charge in [-0.3, -0.25) is 4.79 Å². The molecule has 26 heavy (non-hydrogen) atoms. The highest BCUT2D eigenvalue weighted by molar-refractivity contribution is 7.07. The van der Waals surface area contributed by atoms with Crippen LogP contribution in [0, 0.1) is 0 Å². The van der Waals surface area contributed by atoms with E-state index in [1.165, 1.54) is 11.3 Å². The average Bonchev–Trinajstić information content (AvgIpc) is 3.30. The highest BCUT2D eigenvalue weighted by atomic mass is 32.1. The Morgan fingerprint density at radius 2 is 2.12 bits per heavy atom. The van der Waals surface area contributed by atoms with Gasteiger partial charge in [0.05, 0.1) is 23.7 Å². The second-order valence-corrected chi connectivity index (χ2v) is 6.38. The second-order valence-electron chi connectivity index (χ2n) is 5.66. The average molecular weight is 364 g/mol. The lowest BCUT2D eigenvalue weighted by atomic mass is 10.3. The van der Waals surface area contributed by atoms with Crippen molar-refractivity contribution in [1.29, 1.82) is 0 Å². The third-order valence-electron chi connectivity index (χ3n) is 3.97. The number of amides is 1. The zero-order chi connectivity index (χ0) is 17.9. The minimum atomic E-state index is -0.141. The van der Waals surface area contributed by atoms with E-state index in [0.717, 1.165) is 16.7 Å². The van der Waals surface area contributed by atoms with E-state index in [4.69, 9.17) is 4.74 Å². The topological polar surface area (TPSA) is 69.0 Å². The molecule has 0 atom stereocenters. The van der Waals surface area contributed by atoms with Crippen LogP contribution in [-0.4, -0.2) is 27.6 Å². The van der Waals surface area contributed by atoms with E-state index in [9.17, 15) is 4.79 Å². The summed E-state index contributed by atoms with van der Waals surface area (Å²) >= 11 is 1.50. The van der Waals surface area contributed by atoms with Crippen LogP contribution in [0.4, 0.5) is 5.69 Å². The van der Waals surface area contributed by atoms with Crippen molar-refractivity contribution >= 4 is 34.0 Å². The van der Waals surface area contributed by atoms with Crippen molar-refractivity contribution in [3.8, 4) is 17.3 Å². The molecule has 2 aromatic heterocycles. The largest absolute Gasteiger partial charge is 0.497 e. The number of nitrogens with one attached hydrogen (secondary N) is 1. The van der Waals surface area contributed by atoms with Gasteiger partial charge in [0.25, 0.3) is 0 Å². The van der Waals surface area contributed by atoms with E-state index in [2.05, 4.69) is 15.3 Å². The van der Waals surface area contributed by atoms with E-state index in [1.807, 2.05) is 52.4 Å². The number of methoxy groups -OCH3 is 1. The summed E-state index contributed by atoms with van der Waals surface area (Å²) < 4.78 is 7.08. The van der Waals surface area contributed by atoms with E-state index < -0.39 is 0 Å². The molecule has 0 aliphatic rings. The Balaban J connectivity index is 1.65. The maximum atomic E-state index is 12.6. The van der Waals surface area contributed by atoms with Crippen molar-refractivity contribution < 1.29 is 9.53 Å². The number of fused-ring (bicyclic) bond motifs is 1. The smallest absolute Gasteiger partial charge is 0.244 e. The molecule has 0 aliphatic carbocycles. The van der Waals surface area contributed by atoms with Crippen molar-refractivity contribution in [3.05, 3.63) is 59.4 Å². The number of hydrogen-bond donors (Lipinski definition) is 1. The van der Waals surface area contributed by atoms with Gasteiger partial charge in [0.15, 0.2) is 5.82 Å². The number of rotatable bonds is 5. The first-order valence-electron chi connectivity index (χ1n) is 8.02. The molecule has 1 N–H and O–H groups in total. The Labute approximate surface area is 154 Å². The molecule has 0 unspecified atom stereocenters. The van der Waals surface area contributed by atoms with Gasteiger partial charge in [0.2, 0.25) is 5.91 Å². The number of para-hydroxylation sites is 2. The number of carbonyl (C=O) groups is 1. The standard InChI is InChI=1S/C19H16N4O2S/c1-25-14-6-4-5-13(9-14)21-18(24)10-23-17-8-3-2-7-15(17)22-19(23)16-11-26-12-20-16/h2-9,11-12H,10H2,1H3,(H,21,24). The highest BCUT2D eigenvalue weighted by Crippen LogP contribution is 2.25. The van der Waals surface area contributed by atoms with E-state index >= 15 is 0 Å². The molecule has 4 aromatic rings. The summed E-state index contributed by atoms with van der Waals surface area (Å²) in [4.78, 5) is 21.6. The molecular weight excluding hydrogens is 348 g/mol. The minimum absolute atomic E-state index is 0.141. The van der Waals surface area contributed by atoms with Gasteiger partial charge in [0, 0.05) is 17.1 Å². The normalized spacial score (nSPS) is 10.8. The number of imidazole rings is 1. The SMILES string of the molecule is COc1cccc(NC(=O)Cn2c(-c3cscn3)nc3ccccc32)c1. The number of benzene rings is 2. The van der Waals surface area contributed by atoms with Crippen LogP contribution in [0.15, 0.2) is 59.4 Å². The van der Waals surface area contributed by atoms with Gasteiger partial charge in [-0.05, 0) is 24.3 Å². The first kappa shape index (κ1) is 16.3. The molecule has 0 saturated heterocycles. The number of carbonyl (C=O) groups excluding carboxylic acids is 1. The summed E-state index contributed by atoms with van der Waals surface area (Å²) in [7, 11) is 1.60. The third-order valence-corrected chi connectivity index (χ3v) is 4.56. The molecule has 0 bridgehead atoms. The predicted octanol–water partition coefficient (Wildman–Crippen LogP) is 3.81. The highest BCUT2D eigenvalue weighted by Gasteiger charge is 2.16. The lowest BCUT2D eigenvalue weighted by molar-refractivity contribution is -0.116. The number of ether oxygens (including phenoxy) is 1. The van der Waals surface area contributed by atoms with Crippen LogP contribution >= 0.6 is 11.3 Å². The predicted molar refractivity (Wildman–Crippen MR) is 102 cm³/mol. The summed E-state index contributed by atoms with van der Waals surface area (Å²) in [5.74, 6) is 1.24. The van der Waals surface area contributed by atoms with E-state index in [1.54, 1.807) is 18.7 Å². The summed E-state index contributed by atoms with van der Waals surface area (Å²) in [6.45, 7) is 0.143. The summed E-state index contributed by atoms with van der Waals surface area (Å²) in [5, 5.41) is 4.84. The lowest BCUT2D eigenvalue weighted by Gasteiger charge is -2.10. The number of nitrogens with zero attached hydrogens (tertiary/aromatic N) is 3. The molecule has 1 amide bonds. The molecule has 2 aromatic carbocycles. The summed E-state index contributed by atoms with van der Waals surface area (Å²) in [6, 6.07) is 15.0. The van der Waals surface area contributed by atoms with Crippen molar-refractivity contribution in [2.45, 2.75) is 6.54 Å². The molecule has 0 saturated carbocycles. The van der Waals surface area contributed by atoms with Crippen LogP contribution in [0.5, 0.6) is 5.75 Å². The van der Waals surface area contributed by atoms with E-state index in [-0.39, 0.29) is 12.5 Å². The number of anilines is 1. The van der Waals surface area contributed by atoms with Gasteiger partial charge in [-0.2, -0.15) is 0 Å². The molecule has 0 fully saturated rings. The Bertz CT molecular complexity index is 1060. The maximum absolute atomic E-state index is 12.6. The maximum Gasteiger partial charge on any atom is 0.244 e. The quantitative estimate of drug-likeness (QED) is 0.585. The third kappa shape index (κ3) is 3.16. The van der Waals surface area contributed by atoms with Crippen molar-refractivity contribution in [3.63, 3.8) is 0 Å². The Morgan fingerprint density at radius 1 is 1.23 bits per heavy atom. The van der Waals surface area contributed by atoms with Crippen LogP contribution in [-0.2, 0) is 11.3 Å². The first-order chi connectivity index (χ1) is 12.7. The summed E-state index contributed by atoms with van der Waals surface area (Å²) in [5.41, 5.74) is 4.95. The molecule has 4 rings (SSSR count). The fourth-order valence-electron chi connectivity index (χ4n) is 2.80. The zero-order valence-electron chi connectivity index (χ0n) is 14.0. The van der Waals surface area contributed by atoms with Crippen molar-refractivity contribution in [1.82, 2.24) is 14.5 Å². The first-order valence-corrected chi connectivity index (χ1v) is 8.96. The van der Waals surface area contributed by atoms with Crippen LogP contribution < -0.4 is 10.1 Å². The number of aromatic nitrogens is 3. The fourth-order valence-corrected chi connectivity index (χ4v) is 3.33. The molecular formula is C19H16N4O2S. The van der Waals surface area contributed by atoms with Gasteiger partial charge in [0.1, 0.15) is 18.0 Å². The molecule has 0 aliphatic heterocycles. The van der Waals surface area contributed by atoms with Crippen LogP contribution in [0.1, 0.15) is 0 Å². The zero-order valence-corrected chi connectivity index (χ0v) is 14.9. The molecule has 7 heteroatoms. The fraction of sp³-hybridized carbons (Fsp3) is 0.105. The van der Waals surface area contributed by atoms with Crippen LogP contribution in [0.2, 0.25) is 0 Å². The summed E-state index contributed by atoms with van der Waals surface area (Å²) in [6.07, 6.45) is 0. The van der Waals surface area contributed by atoms with Crippen LogP contribution in [0.3, 0.4) is 0 Å². The van der Waals surface area contributed by atoms with Gasteiger partial charge < -0.3 is 14.6 Å². The monoisotopic (exact) mass is 364 g/mol. The van der Waals surface area contributed by atoms with Crippen LogP contribution in [0.25, 0.3) is 22.6 Å². The Hall–Kier alpha value is -3.19. The lowest BCUT2D eigenvalue weighted by Crippen LogP contribution is -2.19. The van der Waals surface area contributed by atoms with Gasteiger partial charge in [-0.1, -0.05) is 18.2 Å². The molecule has 130 valence electrons. The van der Waals surface area contributed by atoms with E-state index in [0.29, 0.717) is 17.3 Å². The van der Waals surface area contributed by atoms with Gasteiger partial charge in [-0.15, -0.1) is 11.3 Å². The van der Waals surface area contributed by atoms with Crippen molar-refractivity contribution in [2.24, 2.45) is 0 Å². The Kier molecular flexibility index (Phi) is 4.37. The second kappa shape index (κ2) is 6.97. The van der Waals surface area contributed by atoms with Gasteiger partial charge in [-0.25, -0.2) is 9.97 Å². The van der Waals surface area contributed by atoms with Gasteiger partial charge >= 0.3 is 0 Å². The minimum Gasteiger partial charge on any atom is -0.497 e. The Morgan fingerprint density at radius 3 is 2.92 bits per heavy atom. The molecule has 2 heterocycles. The number of hydrogen-bond acceptors (Lipinski definition) is 5. The number of thiazole rings is 1.